The Labute approximate surface area is 120 Å². The second kappa shape index (κ2) is 7.08. The van der Waals surface area contributed by atoms with E-state index < -0.39 is 0 Å². The molecule has 2 fully saturated rings. The number of piperazine rings is 1. The number of hydrogen-bond acceptors (Lipinski definition) is 2. The predicted molar refractivity (Wildman–Crippen MR) is 83.6 cm³/mol. The van der Waals surface area contributed by atoms with Crippen LogP contribution in [-0.2, 0) is 0 Å². The van der Waals surface area contributed by atoms with E-state index in [-0.39, 0.29) is 0 Å². The van der Waals surface area contributed by atoms with Crippen molar-refractivity contribution in [3.05, 3.63) is 0 Å². The lowest BCUT2D eigenvalue weighted by atomic mass is 10.0. The van der Waals surface area contributed by atoms with Crippen LogP contribution in [0.2, 0.25) is 0 Å². The highest BCUT2D eigenvalue weighted by Gasteiger charge is 2.28. The summed E-state index contributed by atoms with van der Waals surface area (Å²) in [4.78, 5) is 5.45. The second-order valence-electron chi connectivity index (χ2n) is 7.55. The lowest BCUT2D eigenvalue weighted by Gasteiger charge is -2.44. The molecule has 0 radical (unpaired) electrons. The highest BCUT2D eigenvalue weighted by atomic mass is 15.3. The van der Waals surface area contributed by atoms with Gasteiger partial charge in [0.15, 0.2) is 0 Å². The van der Waals surface area contributed by atoms with Crippen LogP contribution in [0.4, 0.5) is 0 Å². The van der Waals surface area contributed by atoms with Crippen LogP contribution in [0.1, 0.15) is 72.1 Å². The van der Waals surface area contributed by atoms with Crippen molar-refractivity contribution in [2.75, 3.05) is 26.2 Å². The third kappa shape index (κ3) is 4.75. The van der Waals surface area contributed by atoms with Gasteiger partial charge in [0.1, 0.15) is 0 Å². The summed E-state index contributed by atoms with van der Waals surface area (Å²) >= 11 is 0. The summed E-state index contributed by atoms with van der Waals surface area (Å²) in [5.74, 6) is 0. The fourth-order valence-corrected chi connectivity index (χ4v) is 3.73. The first-order valence-electron chi connectivity index (χ1n) is 8.56. The van der Waals surface area contributed by atoms with Gasteiger partial charge in [0.05, 0.1) is 0 Å². The fourth-order valence-electron chi connectivity index (χ4n) is 3.73. The van der Waals surface area contributed by atoms with Crippen molar-refractivity contribution in [1.29, 1.82) is 0 Å². The SMILES string of the molecule is CC(C)(C)N1CCN(C2CCCCCCCC2)CC1. The van der Waals surface area contributed by atoms with E-state index in [1.165, 1.54) is 77.5 Å². The van der Waals surface area contributed by atoms with Gasteiger partial charge in [0.2, 0.25) is 0 Å². The predicted octanol–water partition coefficient (Wildman–Crippen LogP) is 3.91. The molecule has 0 amide bonds. The van der Waals surface area contributed by atoms with Crippen LogP contribution in [0, 0.1) is 0 Å². The Hall–Kier alpha value is -0.0800. The smallest absolute Gasteiger partial charge is 0.0126 e. The average Bonchev–Trinajstić information content (AvgIpc) is 2.51. The molecule has 112 valence electrons. The van der Waals surface area contributed by atoms with Crippen molar-refractivity contribution >= 4 is 0 Å². The molecule has 0 atom stereocenters. The van der Waals surface area contributed by atoms with Gasteiger partial charge in [-0.05, 0) is 33.6 Å². The summed E-state index contributed by atoms with van der Waals surface area (Å²) in [7, 11) is 0. The molecular formula is C17H34N2. The van der Waals surface area contributed by atoms with Gasteiger partial charge in [0.25, 0.3) is 0 Å². The molecule has 0 bridgehead atoms. The number of nitrogens with zero attached hydrogens (tertiary/aromatic N) is 2. The van der Waals surface area contributed by atoms with Gasteiger partial charge in [-0.2, -0.15) is 0 Å². The van der Waals surface area contributed by atoms with Gasteiger partial charge >= 0.3 is 0 Å². The molecule has 2 rings (SSSR count). The third-order valence-electron chi connectivity index (χ3n) is 5.10. The van der Waals surface area contributed by atoms with Crippen molar-refractivity contribution in [2.45, 2.75) is 83.7 Å². The lowest BCUT2D eigenvalue weighted by Crippen LogP contribution is -2.55. The Morgan fingerprint density at radius 1 is 0.684 bits per heavy atom. The molecule has 0 aromatic heterocycles. The Bertz CT molecular complexity index is 238. The van der Waals surface area contributed by atoms with Gasteiger partial charge in [-0.25, -0.2) is 0 Å². The first-order valence-corrected chi connectivity index (χ1v) is 8.56. The van der Waals surface area contributed by atoms with E-state index in [1.54, 1.807) is 0 Å². The summed E-state index contributed by atoms with van der Waals surface area (Å²) < 4.78 is 0. The molecule has 1 aliphatic carbocycles. The number of hydrogen-bond donors (Lipinski definition) is 0. The summed E-state index contributed by atoms with van der Waals surface area (Å²) in [5, 5.41) is 0. The lowest BCUT2D eigenvalue weighted by molar-refractivity contribution is 0.0372. The molecule has 0 spiro atoms. The maximum Gasteiger partial charge on any atom is 0.0126 e. The minimum absolute atomic E-state index is 0.352. The van der Waals surface area contributed by atoms with Crippen LogP contribution in [-0.4, -0.2) is 47.6 Å². The molecule has 0 unspecified atom stereocenters. The molecule has 0 aromatic rings. The Morgan fingerprint density at radius 2 is 1.16 bits per heavy atom. The molecule has 1 saturated carbocycles. The van der Waals surface area contributed by atoms with Gasteiger partial charge in [-0.1, -0.05) is 38.5 Å². The molecule has 1 saturated heterocycles. The average molecular weight is 266 g/mol. The number of rotatable bonds is 1. The molecule has 2 aliphatic rings. The third-order valence-corrected chi connectivity index (χ3v) is 5.10. The fraction of sp³-hybridized carbons (Fsp3) is 1.00. The van der Waals surface area contributed by atoms with Crippen molar-refractivity contribution < 1.29 is 0 Å². The normalized spacial score (nSPS) is 26.7. The van der Waals surface area contributed by atoms with Crippen LogP contribution in [0.5, 0.6) is 0 Å². The Balaban J connectivity index is 1.81. The van der Waals surface area contributed by atoms with Gasteiger partial charge < -0.3 is 0 Å². The van der Waals surface area contributed by atoms with Gasteiger partial charge in [0, 0.05) is 37.8 Å². The zero-order valence-electron chi connectivity index (χ0n) is 13.5. The van der Waals surface area contributed by atoms with Crippen LogP contribution in [0.3, 0.4) is 0 Å². The van der Waals surface area contributed by atoms with E-state index in [0.717, 1.165) is 6.04 Å². The van der Waals surface area contributed by atoms with Crippen LogP contribution < -0.4 is 0 Å². The minimum atomic E-state index is 0.352. The first kappa shape index (κ1) is 15.3. The Morgan fingerprint density at radius 3 is 1.63 bits per heavy atom. The summed E-state index contributed by atoms with van der Waals surface area (Å²) in [6, 6.07) is 0.889. The molecule has 0 N–H and O–H groups in total. The van der Waals surface area contributed by atoms with Gasteiger partial charge in [-0.15, -0.1) is 0 Å². The zero-order chi connectivity index (χ0) is 13.7. The molecule has 2 heteroatoms. The van der Waals surface area contributed by atoms with Crippen molar-refractivity contribution in [3.63, 3.8) is 0 Å². The highest BCUT2D eigenvalue weighted by molar-refractivity contribution is 4.85. The maximum atomic E-state index is 2.80. The van der Waals surface area contributed by atoms with Crippen molar-refractivity contribution in [1.82, 2.24) is 9.80 Å². The molecule has 1 heterocycles. The standard InChI is InChI=1S/C17H34N2/c1-17(2,3)19-14-12-18(13-15-19)16-10-8-6-4-5-7-9-11-16/h16H,4-15H2,1-3H3. The molecule has 1 aliphatic heterocycles. The monoisotopic (exact) mass is 266 g/mol. The van der Waals surface area contributed by atoms with E-state index in [1.807, 2.05) is 0 Å². The van der Waals surface area contributed by atoms with E-state index >= 15 is 0 Å². The minimum Gasteiger partial charge on any atom is -0.298 e. The van der Waals surface area contributed by atoms with E-state index in [4.69, 9.17) is 0 Å². The second-order valence-corrected chi connectivity index (χ2v) is 7.55. The molecular weight excluding hydrogens is 232 g/mol. The molecule has 0 aromatic carbocycles. The van der Waals surface area contributed by atoms with Gasteiger partial charge in [-0.3, -0.25) is 9.80 Å². The zero-order valence-corrected chi connectivity index (χ0v) is 13.5. The molecule has 2 nitrogen and oxygen atoms in total. The largest absolute Gasteiger partial charge is 0.298 e. The van der Waals surface area contributed by atoms with Crippen LogP contribution in [0.25, 0.3) is 0 Å². The highest BCUT2D eigenvalue weighted by Crippen LogP contribution is 2.23. The van der Waals surface area contributed by atoms with Crippen LogP contribution in [0.15, 0.2) is 0 Å². The summed E-state index contributed by atoms with van der Waals surface area (Å²) in [6.07, 6.45) is 11.7. The topological polar surface area (TPSA) is 6.48 Å². The van der Waals surface area contributed by atoms with E-state index in [2.05, 4.69) is 30.6 Å². The van der Waals surface area contributed by atoms with Crippen LogP contribution >= 0.6 is 0 Å². The quantitative estimate of drug-likeness (QED) is 0.710. The molecule has 19 heavy (non-hydrogen) atoms. The Kier molecular flexibility index (Phi) is 5.70. The summed E-state index contributed by atoms with van der Waals surface area (Å²) in [6.45, 7) is 12.2. The maximum absolute atomic E-state index is 2.80. The van der Waals surface area contributed by atoms with E-state index in [0.29, 0.717) is 5.54 Å². The van der Waals surface area contributed by atoms with Crippen molar-refractivity contribution in [3.8, 4) is 0 Å². The van der Waals surface area contributed by atoms with E-state index in [9.17, 15) is 0 Å². The van der Waals surface area contributed by atoms with Crippen molar-refractivity contribution in [2.24, 2.45) is 0 Å². The first-order chi connectivity index (χ1) is 9.07. The summed E-state index contributed by atoms with van der Waals surface area (Å²) in [5.41, 5.74) is 0.352.